The number of unbranched alkanes of at least 4 members (excludes halogenated alkanes) is 1. The summed E-state index contributed by atoms with van der Waals surface area (Å²) in [6.07, 6.45) is 1.97. The molecule has 0 spiro atoms. The summed E-state index contributed by atoms with van der Waals surface area (Å²) in [5.74, 6) is 0.118. The molecular formula is C17H21N3O. The molecule has 0 aromatic heterocycles. The van der Waals surface area contributed by atoms with E-state index in [9.17, 15) is 4.79 Å². The van der Waals surface area contributed by atoms with Gasteiger partial charge in [-0.2, -0.15) is 5.26 Å². The number of nitriles is 1. The van der Waals surface area contributed by atoms with Crippen molar-refractivity contribution >= 4 is 11.6 Å². The van der Waals surface area contributed by atoms with Crippen LogP contribution in [-0.2, 0) is 4.79 Å². The van der Waals surface area contributed by atoms with E-state index in [1.807, 2.05) is 30.9 Å². The van der Waals surface area contributed by atoms with Gasteiger partial charge in [-0.1, -0.05) is 13.3 Å². The van der Waals surface area contributed by atoms with Gasteiger partial charge in [0.05, 0.1) is 11.6 Å². The number of rotatable bonds is 5. The number of carbonyl (C=O) groups is 1. The van der Waals surface area contributed by atoms with Crippen LogP contribution in [0.3, 0.4) is 0 Å². The van der Waals surface area contributed by atoms with Crippen LogP contribution in [0, 0.1) is 11.3 Å². The van der Waals surface area contributed by atoms with Crippen LogP contribution in [0.2, 0.25) is 0 Å². The maximum absolute atomic E-state index is 12.3. The summed E-state index contributed by atoms with van der Waals surface area (Å²) in [4.78, 5) is 14.2. The molecule has 1 aromatic carbocycles. The van der Waals surface area contributed by atoms with E-state index in [0.29, 0.717) is 5.56 Å². The van der Waals surface area contributed by atoms with Gasteiger partial charge >= 0.3 is 0 Å². The minimum absolute atomic E-state index is 0.0861. The lowest BCUT2D eigenvalue weighted by Gasteiger charge is -2.28. The smallest absolute Gasteiger partial charge is 0.251 e. The molecule has 0 radical (unpaired) electrons. The Morgan fingerprint density at radius 2 is 1.95 bits per heavy atom. The highest BCUT2D eigenvalue weighted by Gasteiger charge is 2.34. The second kappa shape index (κ2) is 6.45. The van der Waals surface area contributed by atoms with Gasteiger partial charge in [-0.25, -0.2) is 0 Å². The summed E-state index contributed by atoms with van der Waals surface area (Å²) >= 11 is 0. The highest BCUT2D eigenvalue weighted by Crippen LogP contribution is 2.27. The van der Waals surface area contributed by atoms with Gasteiger partial charge in [0.25, 0.3) is 5.91 Å². The lowest BCUT2D eigenvalue weighted by molar-refractivity contribution is -0.126. The zero-order valence-electron chi connectivity index (χ0n) is 12.8. The van der Waals surface area contributed by atoms with Crippen LogP contribution in [0.15, 0.2) is 35.4 Å². The minimum Gasteiger partial charge on any atom is -0.362 e. The fraction of sp³-hybridized carbons (Fsp3) is 0.412. The molecule has 2 rings (SSSR count). The first kappa shape index (κ1) is 15.1. The van der Waals surface area contributed by atoms with E-state index >= 15 is 0 Å². The highest BCUT2D eigenvalue weighted by molar-refractivity contribution is 5.97. The van der Waals surface area contributed by atoms with Gasteiger partial charge in [0.1, 0.15) is 6.17 Å². The third-order valence-corrected chi connectivity index (χ3v) is 3.96. The first-order valence-corrected chi connectivity index (χ1v) is 7.33. The van der Waals surface area contributed by atoms with Crippen molar-refractivity contribution in [2.24, 2.45) is 0 Å². The van der Waals surface area contributed by atoms with E-state index in [1.54, 1.807) is 12.1 Å². The summed E-state index contributed by atoms with van der Waals surface area (Å²) in [5.41, 5.74) is 3.45. The first-order chi connectivity index (χ1) is 10.1. The van der Waals surface area contributed by atoms with Crippen LogP contribution in [0.4, 0.5) is 5.69 Å². The van der Waals surface area contributed by atoms with Crippen LogP contribution in [-0.4, -0.2) is 23.5 Å². The van der Waals surface area contributed by atoms with E-state index in [4.69, 9.17) is 5.26 Å². The van der Waals surface area contributed by atoms with E-state index in [-0.39, 0.29) is 12.1 Å². The Hall–Kier alpha value is -2.28. The first-order valence-electron chi connectivity index (χ1n) is 7.33. The van der Waals surface area contributed by atoms with Crippen LogP contribution >= 0.6 is 0 Å². The maximum atomic E-state index is 12.3. The molecule has 0 aliphatic carbocycles. The number of carbonyl (C=O) groups excluding carboxylic acids is 1. The van der Waals surface area contributed by atoms with Crippen molar-refractivity contribution < 1.29 is 4.79 Å². The quantitative estimate of drug-likeness (QED) is 0.902. The molecule has 4 nitrogen and oxygen atoms in total. The summed E-state index contributed by atoms with van der Waals surface area (Å²) < 4.78 is 0. The molecular weight excluding hydrogens is 262 g/mol. The molecule has 1 aliphatic heterocycles. The molecule has 0 fully saturated rings. The van der Waals surface area contributed by atoms with Crippen molar-refractivity contribution in [3.8, 4) is 6.07 Å². The Labute approximate surface area is 126 Å². The fourth-order valence-electron chi connectivity index (χ4n) is 2.48. The lowest BCUT2D eigenvalue weighted by Crippen LogP contribution is -2.41. The molecule has 1 aromatic rings. The van der Waals surface area contributed by atoms with Crippen molar-refractivity contribution in [1.29, 1.82) is 5.26 Å². The second-order valence-corrected chi connectivity index (χ2v) is 5.40. The number of hydrogen-bond donors (Lipinski definition) is 1. The number of benzene rings is 1. The van der Waals surface area contributed by atoms with Gasteiger partial charge in [0.15, 0.2) is 0 Å². The summed E-state index contributed by atoms with van der Waals surface area (Å²) in [7, 11) is 0. The molecule has 1 atom stereocenters. The largest absolute Gasteiger partial charge is 0.362 e. The van der Waals surface area contributed by atoms with E-state index in [2.05, 4.69) is 18.3 Å². The Bertz CT molecular complexity index is 595. The summed E-state index contributed by atoms with van der Waals surface area (Å²) in [6, 6.07) is 9.42. The summed E-state index contributed by atoms with van der Waals surface area (Å²) in [6.45, 7) is 6.77. The maximum Gasteiger partial charge on any atom is 0.251 e. The topological polar surface area (TPSA) is 56.1 Å². The minimum atomic E-state index is -0.0861. The molecule has 4 heteroatoms. The highest BCUT2D eigenvalue weighted by atomic mass is 16.2. The van der Waals surface area contributed by atoms with Crippen molar-refractivity contribution in [3.63, 3.8) is 0 Å². The number of nitrogens with one attached hydrogen (secondary N) is 1. The number of hydrogen-bond acceptors (Lipinski definition) is 3. The summed E-state index contributed by atoms with van der Waals surface area (Å²) in [5, 5.41) is 12.2. The van der Waals surface area contributed by atoms with E-state index < -0.39 is 0 Å². The van der Waals surface area contributed by atoms with Crippen LogP contribution in [0.25, 0.3) is 0 Å². The molecule has 1 amide bonds. The Morgan fingerprint density at radius 3 is 2.52 bits per heavy atom. The molecule has 0 saturated heterocycles. The predicted molar refractivity (Wildman–Crippen MR) is 83.6 cm³/mol. The van der Waals surface area contributed by atoms with Crippen LogP contribution in [0.1, 0.15) is 39.2 Å². The third kappa shape index (κ3) is 3.08. The molecule has 1 unspecified atom stereocenters. The van der Waals surface area contributed by atoms with Gasteiger partial charge in [-0.15, -0.1) is 0 Å². The SMILES string of the molecule is CCCCN1C(=O)C(C)=C(C)C1Nc1ccc(C#N)cc1. The Morgan fingerprint density at radius 1 is 1.29 bits per heavy atom. The average Bonchev–Trinajstić information content (AvgIpc) is 2.71. The molecule has 0 bridgehead atoms. The lowest BCUT2D eigenvalue weighted by atomic mass is 10.1. The van der Waals surface area contributed by atoms with Crippen LogP contribution in [0.5, 0.6) is 0 Å². The van der Waals surface area contributed by atoms with Crippen molar-refractivity contribution in [2.45, 2.75) is 39.8 Å². The van der Waals surface area contributed by atoms with Gasteiger partial charge in [-0.3, -0.25) is 4.79 Å². The zero-order chi connectivity index (χ0) is 15.4. The Kier molecular flexibility index (Phi) is 4.64. The zero-order valence-corrected chi connectivity index (χ0v) is 12.8. The van der Waals surface area contributed by atoms with Crippen molar-refractivity contribution in [3.05, 3.63) is 41.0 Å². The third-order valence-electron chi connectivity index (χ3n) is 3.96. The standard InChI is InChI=1S/C17H21N3O/c1-4-5-10-20-16(12(2)13(3)17(20)21)19-15-8-6-14(11-18)7-9-15/h6-9,16,19H,4-5,10H2,1-3H3. The van der Waals surface area contributed by atoms with Gasteiger partial charge < -0.3 is 10.2 Å². The second-order valence-electron chi connectivity index (χ2n) is 5.40. The van der Waals surface area contributed by atoms with Crippen molar-refractivity contribution in [2.75, 3.05) is 11.9 Å². The molecule has 1 N–H and O–H groups in total. The average molecular weight is 283 g/mol. The number of nitrogens with zero attached hydrogens (tertiary/aromatic N) is 2. The molecule has 0 saturated carbocycles. The fourth-order valence-corrected chi connectivity index (χ4v) is 2.48. The molecule has 110 valence electrons. The van der Waals surface area contributed by atoms with Gasteiger partial charge in [0.2, 0.25) is 0 Å². The number of anilines is 1. The monoisotopic (exact) mass is 283 g/mol. The van der Waals surface area contributed by atoms with Gasteiger partial charge in [0, 0.05) is 17.8 Å². The van der Waals surface area contributed by atoms with E-state index in [0.717, 1.165) is 36.2 Å². The molecule has 1 aliphatic rings. The van der Waals surface area contributed by atoms with Crippen LogP contribution < -0.4 is 5.32 Å². The molecule has 21 heavy (non-hydrogen) atoms. The van der Waals surface area contributed by atoms with E-state index in [1.165, 1.54) is 0 Å². The predicted octanol–water partition coefficient (Wildman–Crippen LogP) is 3.27. The molecule has 1 heterocycles. The number of amides is 1. The van der Waals surface area contributed by atoms with Crippen molar-refractivity contribution in [1.82, 2.24) is 4.90 Å². The normalized spacial score (nSPS) is 18.1. The Balaban J connectivity index is 2.18. The van der Waals surface area contributed by atoms with Gasteiger partial charge in [-0.05, 0) is 50.1 Å².